The topological polar surface area (TPSA) is 116 Å². The standard InChI is InChI=1S/C14H13N5O3/c15-14-17-12-11(19(8-16-12)6-10(20)21)13(18-14)22-7-9-4-2-1-3-5-9/h1-5,8H,6-7H2,(H,20,21)(H2,15,17,18). The highest BCUT2D eigenvalue weighted by Crippen LogP contribution is 2.23. The zero-order valence-corrected chi connectivity index (χ0v) is 11.5. The summed E-state index contributed by atoms with van der Waals surface area (Å²) in [5.41, 5.74) is 7.30. The molecule has 3 rings (SSSR count). The lowest BCUT2D eigenvalue weighted by molar-refractivity contribution is -0.137. The first-order chi connectivity index (χ1) is 10.6. The molecule has 0 bridgehead atoms. The monoisotopic (exact) mass is 299 g/mol. The molecule has 0 aliphatic carbocycles. The Hall–Kier alpha value is -3.16. The number of carboxylic acids is 1. The highest BCUT2D eigenvalue weighted by atomic mass is 16.5. The number of imidazole rings is 1. The summed E-state index contributed by atoms with van der Waals surface area (Å²) in [4.78, 5) is 23.0. The Bertz CT molecular complexity index is 816. The van der Waals surface area contributed by atoms with Crippen LogP contribution in [0.25, 0.3) is 11.2 Å². The first-order valence-electron chi connectivity index (χ1n) is 6.50. The van der Waals surface area contributed by atoms with E-state index >= 15 is 0 Å². The van der Waals surface area contributed by atoms with Crippen molar-refractivity contribution >= 4 is 23.1 Å². The van der Waals surface area contributed by atoms with E-state index in [1.165, 1.54) is 10.9 Å². The van der Waals surface area contributed by atoms with Crippen molar-refractivity contribution in [1.82, 2.24) is 19.5 Å². The summed E-state index contributed by atoms with van der Waals surface area (Å²) >= 11 is 0. The van der Waals surface area contributed by atoms with Gasteiger partial charge in [-0.2, -0.15) is 9.97 Å². The van der Waals surface area contributed by atoms with Gasteiger partial charge in [-0.1, -0.05) is 30.3 Å². The summed E-state index contributed by atoms with van der Waals surface area (Å²) in [6, 6.07) is 9.54. The molecule has 22 heavy (non-hydrogen) atoms. The highest BCUT2D eigenvalue weighted by molar-refractivity contribution is 5.79. The maximum atomic E-state index is 10.9. The second-order valence-corrected chi connectivity index (χ2v) is 4.60. The number of carboxylic acid groups (broad SMARTS) is 1. The molecule has 0 atom stereocenters. The van der Waals surface area contributed by atoms with Gasteiger partial charge in [0.1, 0.15) is 13.2 Å². The number of fused-ring (bicyclic) bond motifs is 1. The number of aliphatic carboxylic acids is 1. The van der Waals surface area contributed by atoms with Crippen molar-refractivity contribution in [1.29, 1.82) is 0 Å². The molecule has 8 heteroatoms. The van der Waals surface area contributed by atoms with Crippen LogP contribution in [0.1, 0.15) is 5.56 Å². The van der Waals surface area contributed by atoms with Gasteiger partial charge < -0.3 is 20.1 Å². The van der Waals surface area contributed by atoms with Gasteiger partial charge in [0.15, 0.2) is 11.2 Å². The number of carbonyl (C=O) groups is 1. The molecule has 0 radical (unpaired) electrons. The molecule has 0 saturated carbocycles. The largest absolute Gasteiger partial charge is 0.480 e. The van der Waals surface area contributed by atoms with E-state index in [1.54, 1.807) is 0 Å². The van der Waals surface area contributed by atoms with Gasteiger partial charge in [0.25, 0.3) is 0 Å². The third kappa shape index (κ3) is 2.80. The van der Waals surface area contributed by atoms with Gasteiger partial charge in [-0.3, -0.25) is 4.79 Å². The van der Waals surface area contributed by atoms with Crippen molar-refractivity contribution in [2.24, 2.45) is 0 Å². The van der Waals surface area contributed by atoms with E-state index in [0.29, 0.717) is 11.2 Å². The number of anilines is 1. The maximum absolute atomic E-state index is 10.9. The minimum Gasteiger partial charge on any atom is -0.480 e. The number of nitrogen functional groups attached to an aromatic ring is 1. The first-order valence-corrected chi connectivity index (χ1v) is 6.50. The molecular weight excluding hydrogens is 286 g/mol. The number of rotatable bonds is 5. The number of nitrogens with two attached hydrogens (primary N) is 1. The molecule has 2 aromatic heterocycles. The normalized spacial score (nSPS) is 10.7. The van der Waals surface area contributed by atoms with Gasteiger partial charge in [0.05, 0.1) is 6.33 Å². The molecule has 0 saturated heterocycles. The van der Waals surface area contributed by atoms with E-state index in [2.05, 4.69) is 15.0 Å². The van der Waals surface area contributed by atoms with Gasteiger partial charge in [0.2, 0.25) is 11.8 Å². The SMILES string of the molecule is Nc1nc(OCc2ccccc2)c2c(ncn2CC(=O)O)n1. The minimum absolute atomic E-state index is 0.0242. The average molecular weight is 299 g/mol. The number of benzene rings is 1. The van der Waals surface area contributed by atoms with Crippen LogP contribution in [0.4, 0.5) is 5.95 Å². The second kappa shape index (κ2) is 5.68. The fourth-order valence-electron chi connectivity index (χ4n) is 2.05. The van der Waals surface area contributed by atoms with Gasteiger partial charge in [-0.15, -0.1) is 0 Å². The molecule has 0 fully saturated rings. The lowest BCUT2D eigenvalue weighted by atomic mass is 10.2. The van der Waals surface area contributed by atoms with Crippen molar-refractivity contribution in [2.75, 3.05) is 5.73 Å². The number of hydrogen-bond acceptors (Lipinski definition) is 6. The molecular formula is C14H13N5O3. The molecule has 0 amide bonds. The quantitative estimate of drug-likeness (QED) is 0.723. The highest BCUT2D eigenvalue weighted by Gasteiger charge is 2.15. The van der Waals surface area contributed by atoms with Gasteiger partial charge in [-0.25, -0.2) is 4.98 Å². The Labute approximate surface area is 125 Å². The van der Waals surface area contributed by atoms with E-state index < -0.39 is 5.97 Å². The fraction of sp³-hybridized carbons (Fsp3) is 0.143. The Morgan fingerprint density at radius 3 is 2.77 bits per heavy atom. The molecule has 112 valence electrons. The van der Waals surface area contributed by atoms with Crippen molar-refractivity contribution in [3.63, 3.8) is 0 Å². The van der Waals surface area contributed by atoms with Crippen LogP contribution in [0, 0.1) is 0 Å². The summed E-state index contributed by atoms with van der Waals surface area (Å²) in [6.07, 6.45) is 1.38. The van der Waals surface area contributed by atoms with E-state index in [1.807, 2.05) is 30.3 Å². The minimum atomic E-state index is -0.995. The second-order valence-electron chi connectivity index (χ2n) is 4.60. The number of nitrogens with zero attached hydrogens (tertiary/aromatic N) is 4. The predicted molar refractivity (Wildman–Crippen MR) is 78.1 cm³/mol. The number of ether oxygens (including phenoxy) is 1. The van der Waals surface area contributed by atoms with Crippen LogP contribution in [0.15, 0.2) is 36.7 Å². The van der Waals surface area contributed by atoms with E-state index in [-0.39, 0.29) is 25.0 Å². The number of hydrogen-bond donors (Lipinski definition) is 2. The molecule has 8 nitrogen and oxygen atoms in total. The van der Waals surface area contributed by atoms with Crippen molar-refractivity contribution in [3.05, 3.63) is 42.2 Å². The Morgan fingerprint density at radius 2 is 2.05 bits per heavy atom. The van der Waals surface area contributed by atoms with Crippen LogP contribution >= 0.6 is 0 Å². The lowest BCUT2D eigenvalue weighted by Crippen LogP contribution is -2.09. The molecule has 1 aromatic carbocycles. The van der Waals surface area contributed by atoms with Crippen molar-refractivity contribution in [2.45, 2.75) is 13.2 Å². The first kappa shape index (κ1) is 13.8. The Balaban J connectivity index is 1.96. The summed E-state index contributed by atoms with van der Waals surface area (Å²) in [5.74, 6) is -0.758. The van der Waals surface area contributed by atoms with Crippen LogP contribution in [0.3, 0.4) is 0 Å². The Morgan fingerprint density at radius 1 is 1.27 bits per heavy atom. The van der Waals surface area contributed by atoms with Crippen LogP contribution in [0.2, 0.25) is 0 Å². The molecule has 0 aliphatic rings. The zero-order valence-electron chi connectivity index (χ0n) is 11.5. The third-order valence-corrected chi connectivity index (χ3v) is 2.98. The van der Waals surface area contributed by atoms with Crippen LogP contribution in [0.5, 0.6) is 5.88 Å². The maximum Gasteiger partial charge on any atom is 0.323 e. The Kier molecular flexibility index (Phi) is 3.57. The molecule has 0 spiro atoms. The predicted octanol–water partition coefficient (Wildman–Crippen LogP) is 1.07. The molecule has 0 unspecified atom stereocenters. The summed E-state index contributed by atoms with van der Waals surface area (Å²) in [7, 11) is 0. The molecule has 0 aliphatic heterocycles. The summed E-state index contributed by atoms with van der Waals surface area (Å²) < 4.78 is 7.10. The van der Waals surface area contributed by atoms with E-state index in [9.17, 15) is 4.79 Å². The number of aromatic nitrogens is 4. The zero-order chi connectivity index (χ0) is 15.5. The van der Waals surface area contributed by atoms with Crippen LogP contribution in [-0.4, -0.2) is 30.6 Å². The van der Waals surface area contributed by atoms with Gasteiger partial charge >= 0.3 is 5.97 Å². The van der Waals surface area contributed by atoms with Gasteiger partial charge in [-0.05, 0) is 5.56 Å². The lowest BCUT2D eigenvalue weighted by Gasteiger charge is -2.08. The fourth-order valence-corrected chi connectivity index (χ4v) is 2.05. The van der Waals surface area contributed by atoms with Crippen LogP contribution in [-0.2, 0) is 17.9 Å². The van der Waals surface area contributed by atoms with Gasteiger partial charge in [0, 0.05) is 0 Å². The molecule has 3 aromatic rings. The average Bonchev–Trinajstić information content (AvgIpc) is 2.88. The molecule has 2 heterocycles. The third-order valence-electron chi connectivity index (χ3n) is 2.98. The van der Waals surface area contributed by atoms with E-state index in [0.717, 1.165) is 5.56 Å². The smallest absolute Gasteiger partial charge is 0.323 e. The van der Waals surface area contributed by atoms with Crippen molar-refractivity contribution < 1.29 is 14.6 Å². The van der Waals surface area contributed by atoms with E-state index in [4.69, 9.17) is 15.6 Å². The molecule has 3 N–H and O–H groups in total. The summed E-state index contributed by atoms with van der Waals surface area (Å²) in [5, 5.41) is 8.94. The summed E-state index contributed by atoms with van der Waals surface area (Å²) in [6.45, 7) is 0.0239. The van der Waals surface area contributed by atoms with Crippen molar-refractivity contribution in [3.8, 4) is 5.88 Å². The van der Waals surface area contributed by atoms with Crippen LogP contribution < -0.4 is 10.5 Å².